The van der Waals surface area contributed by atoms with Gasteiger partial charge in [0, 0.05) is 42.1 Å². The van der Waals surface area contributed by atoms with E-state index in [2.05, 4.69) is 35.3 Å². The van der Waals surface area contributed by atoms with Crippen LogP contribution >= 0.6 is 11.6 Å². The summed E-state index contributed by atoms with van der Waals surface area (Å²) in [4.78, 5) is 2.39. The third-order valence-corrected chi connectivity index (χ3v) is 7.25. The number of benzene rings is 2. The number of hydrogen-bond donors (Lipinski definition) is 3. The van der Waals surface area contributed by atoms with Crippen molar-refractivity contribution in [3.8, 4) is 0 Å². The Morgan fingerprint density at radius 3 is 2.37 bits per heavy atom. The van der Waals surface area contributed by atoms with Gasteiger partial charge in [-0.2, -0.15) is 0 Å². The van der Waals surface area contributed by atoms with Crippen LogP contribution in [0, 0.1) is 12.8 Å². The lowest BCUT2D eigenvalue weighted by atomic mass is 9.84. The average molecular weight is 428 g/mol. The highest BCUT2D eigenvalue weighted by atomic mass is 35.5. The van der Waals surface area contributed by atoms with Gasteiger partial charge in [0.05, 0.1) is 5.60 Å². The van der Waals surface area contributed by atoms with E-state index in [9.17, 15) is 5.11 Å². The molecule has 4 nitrogen and oxygen atoms in total. The first-order chi connectivity index (χ1) is 14.4. The highest BCUT2D eigenvalue weighted by Crippen LogP contribution is 2.36. The normalized spacial score (nSPS) is 23.9. The van der Waals surface area contributed by atoms with Gasteiger partial charge in [0.25, 0.3) is 0 Å². The van der Waals surface area contributed by atoms with Crippen molar-refractivity contribution in [1.29, 1.82) is 0 Å². The Balaban J connectivity index is 1.34. The lowest BCUT2D eigenvalue weighted by Crippen LogP contribution is -2.42. The van der Waals surface area contributed by atoms with E-state index in [1.165, 1.54) is 29.8 Å². The second kappa shape index (κ2) is 9.17. The molecule has 1 saturated carbocycles. The van der Waals surface area contributed by atoms with Crippen LogP contribution in [0.25, 0.3) is 0 Å². The highest BCUT2D eigenvalue weighted by molar-refractivity contribution is 6.30. The fourth-order valence-electron chi connectivity index (χ4n) is 4.94. The Kier molecular flexibility index (Phi) is 6.57. The largest absolute Gasteiger partial charge is 0.385 e. The number of aliphatic hydroxyl groups is 1. The molecule has 2 aromatic carbocycles. The summed E-state index contributed by atoms with van der Waals surface area (Å²) in [5, 5.41) is 15.5. The van der Waals surface area contributed by atoms with Crippen LogP contribution in [0.1, 0.15) is 49.7 Å². The first-order valence-corrected chi connectivity index (χ1v) is 11.6. The molecule has 0 radical (unpaired) electrons. The molecule has 0 spiro atoms. The number of hydrogen-bond acceptors (Lipinski definition) is 4. The van der Waals surface area contributed by atoms with Crippen LogP contribution in [0.5, 0.6) is 0 Å². The van der Waals surface area contributed by atoms with Gasteiger partial charge in [-0.25, -0.2) is 0 Å². The summed E-state index contributed by atoms with van der Waals surface area (Å²) in [7, 11) is 0. The molecule has 0 aromatic heterocycles. The van der Waals surface area contributed by atoms with E-state index in [0.29, 0.717) is 11.1 Å². The zero-order valence-corrected chi connectivity index (χ0v) is 18.7. The summed E-state index contributed by atoms with van der Waals surface area (Å²) in [6.45, 7) is 4.90. The van der Waals surface area contributed by atoms with Crippen LogP contribution in [0.15, 0.2) is 42.5 Å². The molecule has 1 aliphatic carbocycles. The summed E-state index contributed by atoms with van der Waals surface area (Å²) >= 11 is 6.00. The van der Waals surface area contributed by atoms with Gasteiger partial charge >= 0.3 is 0 Å². The van der Waals surface area contributed by atoms with Gasteiger partial charge in [0.15, 0.2) is 0 Å². The van der Waals surface area contributed by atoms with Crippen LogP contribution in [0.3, 0.4) is 0 Å². The molecule has 2 aliphatic rings. The number of anilines is 2. The van der Waals surface area contributed by atoms with E-state index >= 15 is 0 Å². The molecule has 0 unspecified atom stereocenters. The Bertz CT molecular complexity index is 838. The van der Waals surface area contributed by atoms with Crippen molar-refractivity contribution >= 4 is 23.0 Å². The van der Waals surface area contributed by atoms with Gasteiger partial charge in [-0.05, 0) is 92.8 Å². The standard InChI is InChI=1S/C25H34ClN3O/c1-18-16-23(28-17-19-2-8-22(27)9-3-19)10-11-24(18)29-14-12-25(30,13-15-29)20-4-6-21(26)7-5-20/h4-7,10-11,16,19,22,28,30H,2-3,8-9,12-15,17,27H2,1H3/t19-,22-. The van der Waals surface area contributed by atoms with Crippen molar-refractivity contribution in [2.24, 2.45) is 11.7 Å². The van der Waals surface area contributed by atoms with E-state index in [4.69, 9.17) is 17.3 Å². The van der Waals surface area contributed by atoms with E-state index < -0.39 is 5.60 Å². The summed E-state index contributed by atoms with van der Waals surface area (Å²) < 4.78 is 0. The number of aryl methyl sites for hydroxylation is 1. The molecule has 2 fully saturated rings. The van der Waals surface area contributed by atoms with Crippen LogP contribution in [0.4, 0.5) is 11.4 Å². The Morgan fingerprint density at radius 1 is 1.07 bits per heavy atom. The lowest BCUT2D eigenvalue weighted by Gasteiger charge is -2.40. The monoisotopic (exact) mass is 427 g/mol. The minimum absolute atomic E-state index is 0.407. The summed E-state index contributed by atoms with van der Waals surface area (Å²) in [6.07, 6.45) is 6.21. The molecule has 1 saturated heterocycles. The Hall–Kier alpha value is -1.75. The molecule has 162 valence electrons. The average Bonchev–Trinajstić information content (AvgIpc) is 2.75. The maximum Gasteiger partial charge on any atom is 0.0930 e. The summed E-state index contributed by atoms with van der Waals surface area (Å²) in [5.41, 5.74) is 9.96. The van der Waals surface area contributed by atoms with Gasteiger partial charge in [-0.15, -0.1) is 0 Å². The van der Waals surface area contributed by atoms with Gasteiger partial charge < -0.3 is 21.1 Å². The first kappa shape index (κ1) is 21.5. The number of piperidine rings is 1. The number of halogens is 1. The molecule has 1 heterocycles. The molecule has 0 amide bonds. The fourth-order valence-corrected chi connectivity index (χ4v) is 5.07. The van der Waals surface area contributed by atoms with Crippen LogP contribution in [-0.4, -0.2) is 30.8 Å². The third kappa shape index (κ3) is 4.93. The van der Waals surface area contributed by atoms with Crippen molar-refractivity contribution in [2.75, 3.05) is 29.9 Å². The van der Waals surface area contributed by atoms with Gasteiger partial charge in [0.1, 0.15) is 0 Å². The molecule has 2 aromatic rings. The van der Waals surface area contributed by atoms with Crippen molar-refractivity contribution < 1.29 is 5.11 Å². The highest BCUT2D eigenvalue weighted by Gasteiger charge is 2.34. The molecule has 5 heteroatoms. The van der Waals surface area contributed by atoms with E-state index in [1.807, 2.05) is 24.3 Å². The van der Waals surface area contributed by atoms with Crippen LogP contribution in [-0.2, 0) is 5.60 Å². The molecule has 4 N–H and O–H groups in total. The van der Waals surface area contributed by atoms with E-state index in [1.54, 1.807) is 0 Å². The molecule has 0 bridgehead atoms. The van der Waals surface area contributed by atoms with E-state index in [-0.39, 0.29) is 0 Å². The minimum atomic E-state index is -0.765. The summed E-state index contributed by atoms with van der Waals surface area (Å²) in [5.74, 6) is 0.734. The SMILES string of the molecule is Cc1cc(NC[C@H]2CC[C@H](N)CC2)ccc1N1CCC(O)(c2ccc(Cl)cc2)CC1. The third-order valence-electron chi connectivity index (χ3n) is 7.00. The van der Waals surface area contributed by atoms with Crippen LogP contribution in [0.2, 0.25) is 5.02 Å². The minimum Gasteiger partial charge on any atom is -0.385 e. The smallest absolute Gasteiger partial charge is 0.0930 e. The van der Waals surface area contributed by atoms with E-state index in [0.717, 1.165) is 56.8 Å². The zero-order valence-electron chi connectivity index (χ0n) is 17.9. The number of rotatable bonds is 5. The molecule has 30 heavy (non-hydrogen) atoms. The molecule has 1 aliphatic heterocycles. The maximum absolute atomic E-state index is 11.1. The quantitative estimate of drug-likeness (QED) is 0.623. The zero-order chi connectivity index (χ0) is 21.1. The van der Waals surface area contributed by atoms with Crippen LogP contribution < -0.4 is 16.0 Å². The second-order valence-corrected chi connectivity index (χ2v) is 9.62. The summed E-state index contributed by atoms with van der Waals surface area (Å²) in [6, 6.07) is 14.7. The van der Waals surface area contributed by atoms with Gasteiger partial charge in [-0.1, -0.05) is 23.7 Å². The van der Waals surface area contributed by atoms with Crippen molar-refractivity contribution in [2.45, 2.75) is 57.1 Å². The van der Waals surface area contributed by atoms with Gasteiger partial charge in [-0.3, -0.25) is 0 Å². The number of nitrogens with one attached hydrogen (secondary N) is 1. The Morgan fingerprint density at radius 2 is 1.73 bits per heavy atom. The molecular formula is C25H34ClN3O. The Labute approximate surface area is 185 Å². The first-order valence-electron chi connectivity index (χ1n) is 11.3. The topological polar surface area (TPSA) is 61.5 Å². The van der Waals surface area contributed by atoms with Crippen molar-refractivity contribution in [3.05, 3.63) is 58.6 Å². The molecule has 4 rings (SSSR count). The second-order valence-electron chi connectivity index (χ2n) is 9.19. The van der Waals surface area contributed by atoms with Gasteiger partial charge in [0.2, 0.25) is 0 Å². The number of nitrogens with two attached hydrogens (primary N) is 1. The lowest BCUT2D eigenvalue weighted by molar-refractivity contribution is 0.0117. The maximum atomic E-state index is 11.1. The number of nitrogens with zero attached hydrogens (tertiary/aromatic N) is 1. The predicted molar refractivity (Wildman–Crippen MR) is 126 cm³/mol. The fraction of sp³-hybridized carbons (Fsp3) is 0.520. The molecule has 0 atom stereocenters. The predicted octanol–water partition coefficient (Wildman–Crippen LogP) is 5.07. The molecular weight excluding hydrogens is 394 g/mol. The van der Waals surface area contributed by atoms with Crippen molar-refractivity contribution in [1.82, 2.24) is 0 Å². The van der Waals surface area contributed by atoms with Crippen molar-refractivity contribution in [3.63, 3.8) is 0 Å².